The molecule has 0 radical (unpaired) electrons. The second-order valence-electron chi connectivity index (χ2n) is 6.46. The summed E-state index contributed by atoms with van der Waals surface area (Å²) < 4.78 is 66.9. The van der Waals surface area contributed by atoms with Crippen LogP contribution in [0.5, 0.6) is 0 Å². The van der Waals surface area contributed by atoms with Crippen molar-refractivity contribution in [3.63, 3.8) is 0 Å². The van der Waals surface area contributed by atoms with Gasteiger partial charge in [-0.3, -0.25) is 4.79 Å². The predicted molar refractivity (Wildman–Crippen MR) is 84.8 cm³/mol. The molecule has 1 saturated heterocycles. The molecule has 1 N–H and O–H groups in total. The molecule has 3 rings (SSSR count). The summed E-state index contributed by atoms with van der Waals surface area (Å²) in [7, 11) is -3.92. The fraction of sp³-hybridized carbons (Fsp3) is 0.562. The molecular weight excluding hydrogens is 357 g/mol. The highest BCUT2D eigenvalue weighted by atomic mass is 32.2. The van der Waals surface area contributed by atoms with E-state index in [4.69, 9.17) is 0 Å². The Labute approximate surface area is 144 Å². The van der Waals surface area contributed by atoms with Crippen LogP contribution in [0.25, 0.3) is 0 Å². The van der Waals surface area contributed by atoms with Crippen molar-refractivity contribution in [1.29, 1.82) is 0 Å². The van der Waals surface area contributed by atoms with Gasteiger partial charge >= 0.3 is 16.4 Å². The highest BCUT2D eigenvalue weighted by Gasteiger charge is 2.48. The highest BCUT2D eigenvalue weighted by molar-refractivity contribution is 7.87. The van der Waals surface area contributed by atoms with Crippen LogP contribution in [0.1, 0.15) is 42.7 Å². The lowest BCUT2D eigenvalue weighted by Gasteiger charge is -2.25. The van der Waals surface area contributed by atoms with Crippen molar-refractivity contribution in [2.45, 2.75) is 37.8 Å². The third-order valence-electron chi connectivity index (χ3n) is 4.68. The van der Waals surface area contributed by atoms with Crippen molar-refractivity contribution < 1.29 is 26.4 Å². The van der Waals surface area contributed by atoms with E-state index in [1.807, 2.05) is 4.72 Å². The molecule has 1 aliphatic heterocycles. The monoisotopic (exact) mass is 376 g/mol. The minimum atomic E-state index is -4.50. The zero-order valence-corrected chi connectivity index (χ0v) is 14.2. The summed E-state index contributed by atoms with van der Waals surface area (Å²) in [5.74, 6) is -2.08. The number of hydrogen-bond acceptors (Lipinski definition) is 3. The molecule has 138 valence electrons. The van der Waals surface area contributed by atoms with Gasteiger partial charge in [0.2, 0.25) is 5.91 Å². The van der Waals surface area contributed by atoms with Gasteiger partial charge in [-0.25, -0.2) is 4.72 Å². The molecule has 0 bridgehead atoms. The van der Waals surface area contributed by atoms with Crippen LogP contribution in [0.4, 0.5) is 13.2 Å². The standard InChI is InChI=1S/C16H19F3N2O3S/c17-16(18,19)14-7-3-2-6-11(14)12-10-13(12)15(22)20-25(23,24)21-8-4-1-5-9-21/h2-3,6-7,12-13H,1,4-5,8-10H2,(H,20,22)/t12-,13+/m0/s1. The van der Waals surface area contributed by atoms with Crippen molar-refractivity contribution in [1.82, 2.24) is 9.03 Å². The molecule has 1 aromatic rings. The fourth-order valence-corrected chi connectivity index (χ4v) is 4.55. The Balaban J connectivity index is 1.69. The zero-order valence-electron chi connectivity index (χ0n) is 13.4. The van der Waals surface area contributed by atoms with Crippen molar-refractivity contribution in [3.05, 3.63) is 35.4 Å². The maximum atomic E-state index is 13.1. The summed E-state index contributed by atoms with van der Waals surface area (Å²) in [6.07, 6.45) is -1.87. The number of nitrogens with one attached hydrogen (secondary N) is 1. The van der Waals surface area contributed by atoms with Crippen LogP contribution in [0.15, 0.2) is 24.3 Å². The van der Waals surface area contributed by atoms with Crippen LogP contribution in [-0.2, 0) is 21.2 Å². The topological polar surface area (TPSA) is 66.5 Å². The number of amides is 1. The number of benzene rings is 1. The molecule has 9 heteroatoms. The van der Waals surface area contributed by atoms with Gasteiger partial charge in [0, 0.05) is 19.0 Å². The Morgan fingerprint density at radius 1 is 1.12 bits per heavy atom. The van der Waals surface area contributed by atoms with E-state index >= 15 is 0 Å². The number of carbonyl (C=O) groups is 1. The molecule has 2 aliphatic rings. The van der Waals surface area contributed by atoms with Crippen LogP contribution in [0.3, 0.4) is 0 Å². The Morgan fingerprint density at radius 2 is 1.76 bits per heavy atom. The molecule has 1 amide bonds. The van der Waals surface area contributed by atoms with Gasteiger partial charge < -0.3 is 0 Å². The molecule has 1 aliphatic carbocycles. The highest BCUT2D eigenvalue weighted by Crippen LogP contribution is 2.51. The quantitative estimate of drug-likeness (QED) is 0.879. The lowest BCUT2D eigenvalue weighted by Crippen LogP contribution is -2.46. The van der Waals surface area contributed by atoms with Gasteiger partial charge in [0.1, 0.15) is 0 Å². The van der Waals surface area contributed by atoms with Crippen molar-refractivity contribution >= 4 is 16.1 Å². The number of piperidine rings is 1. The minimum Gasteiger partial charge on any atom is -0.274 e. The zero-order chi connectivity index (χ0) is 18.2. The van der Waals surface area contributed by atoms with E-state index in [0.717, 1.165) is 25.3 Å². The van der Waals surface area contributed by atoms with Gasteiger partial charge in [0.25, 0.3) is 0 Å². The molecule has 25 heavy (non-hydrogen) atoms. The molecule has 0 aromatic heterocycles. The molecule has 1 saturated carbocycles. The first-order chi connectivity index (χ1) is 11.7. The summed E-state index contributed by atoms with van der Waals surface area (Å²) in [6, 6.07) is 5.11. The van der Waals surface area contributed by atoms with E-state index < -0.39 is 39.7 Å². The first-order valence-corrected chi connectivity index (χ1v) is 9.62. The smallest absolute Gasteiger partial charge is 0.274 e. The van der Waals surface area contributed by atoms with Crippen LogP contribution >= 0.6 is 0 Å². The Kier molecular flexibility index (Phi) is 4.80. The van der Waals surface area contributed by atoms with Gasteiger partial charge in [-0.1, -0.05) is 24.6 Å². The van der Waals surface area contributed by atoms with E-state index in [9.17, 15) is 26.4 Å². The van der Waals surface area contributed by atoms with Crippen LogP contribution in [0.2, 0.25) is 0 Å². The lowest BCUT2D eigenvalue weighted by molar-refractivity contribution is -0.138. The molecule has 2 atom stereocenters. The van der Waals surface area contributed by atoms with E-state index in [0.29, 0.717) is 13.1 Å². The molecule has 2 fully saturated rings. The summed E-state index contributed by atoms with van der Waals surface area (Å²) in [5.41, 5.74) is -0.722. The molecular formula is C16H19F3N2O3S. The lowest BCUT2D eigenvalue weighted by atomic mass is 10.0. The van der Waals surface area contributed by atoms with Crippen LogP contribution in [-0.4, -0.2) is 31.7 Å². The maximum Gasteiger partial charge on any atom is 0.416 e. The van der Waals surface area contributed by atoms with Gasteiger partial charge in [-0.15, -0.1) is 0 Å². The number of nitrogens with zero attached hydrogens (tertiary/aromatic N) is 1. The van der Waals surface area contributed by atoms with Gasteiger partial charge in [0.15, 0.2) is 0 Å². The summed E-state index contributed by atoms with van der Waals surface area (Å²) in [6.45, 7) is 0.710. The second kappa shape index (κ2) is 6.60. The first-order valence-electron chi connectivity index (χ1n) is 8.18. The first kappa shape index (κ1) is 18.2. The Bertz CT molecular complexity index is 758. The SMILES string of the molecule is O=C(NS(=O)(=O)N1CCCCC1)[C@@H]1C[C@H]1c1ccccc1C(F)(F)F. The number of hydrogen-bond donors (Lipinski definition) is 1. The molecule has 1 heterocycles. The van der Waals surface area contributed by atoms with E-state index in [2.05, 4.69) is 0 Å². The largest absolute Gasteiger partial charge is 0.416 e. The van der Waals surface area contributed by atoms with Crippen molar-refractivity contribution in [3.8, 4) is 0 Å². The van der Waals surface area contributed by atoms with Gasteiger partial charge in [-0.2, -0.15) is 25.9 Å². The number of halogens is 3. The van der Waals surface area contributed by atoms with E-state index in [1.165, 1.54) is 22.5 Å². The molecule has 1 aromatic carbocycles. The second-order valence-corrected chi connectivity index (χ2v) is 8.14. The average Bonchev–Trinajstić information content (AvgIpc) is 3.35. The summed E-state index contributed by atoms with van der Waals surface area (Å²) >= 11 is 0. The summed E-state index contributed by atoms with van der Waals surface area (Å²) in [5, 5.41) is 0. The molecule has 0 unspecified atom stereocenters. The van der Waals surface area contributed by atoms with Crippen molar-refractivity contribution in [2.75, 3.05) is 13.1 Å². The molecule has 5 nitrogen and oxygen atoms in total. The van der Waals surface area contributed by atoms with Gasteiger partial charge in [-0.05, 0) is 36.8 Å². The number of carbonyl (C=O) groups excluding carboxylic acids is 1. The third-order valence-corrected chi connectivity index (χ3v) is 6.18. The Hall–Kier alpha value is -1.61. The minimum absolute atomic E-state index is 0.0468. The predicted octanol–water partition coefficient (Wildman–Crippen LogP) is 2.66. The van der Waals surface area contributed by atoms with Gasteiger partial charge in [0.05, 0.1) is 5.56 Å². The van der Waals surface area contributed by atoms with E-state index in [-0.39, 0.29) is 12.0 Å². The third kappa shape index (κ3) is 3.98. The fourth-order valence-electron chi connectivity index (χ4n) is 3.28. The van der Waals surface area contributed by atoms with Crippen LogP contribution < -0.4 is 4.72 Å². The summed E-state index contributed by atoms with van der Waals surface area (Å²) in [4.78, 5) is 12.2. The van der Waals surface area contributed by atoms with Crippen LogP contribution in [0, 0.1) is 5.92 Å². The normalized spacial score (nSPS) is 24.8. The average molecular weight is 376 g/mol. The van der Waals surface area contributed by atoms with E-state index in [1.54, 1.807) is 0 Å². The van der Waals surface area contributed by atoms with Crippen molar-refractivity contribution in [2.24, 2.45) is 5.92 Å². The Morgan fingerprint density at radius 3 is 2.40 bits per heavy atom. The molecule has 0 spiro atoms. The maximum absolute atomic E-state index is 13.1. The number of alkyl halides is 3. The number of rotatable bonds is 4.